The highest BCUT2D eigenvalue weighted by Gasteiger charge is 2.23. The van der Waals surface area contributed by atoms with Crippen LogP contribution in [0.4, 0.5) is 0 Å². The van der Waals surface area contributed by atoms with Crippen LogP contribution in [0.2, 0.25) is 0 Å². The molecule has 3 rings (SSSR count). The van der Waals surface area contributed by atoms with Gasteiger partial charge in [-0.1, -0.05) is 6.07 Å². The van der Waals surface area contributed by atoms with Crippen molar-refractivity contribution >= 4 is 0 Å². The smallest absolute Gasteiger partial charge is 0.0469 e. The van der Waals surface area contributed by atoms with Gasteiger partial charge >= 0.3 is 0 Å². The Morgan fingerprint density at radius 2 is 2.10 bits per heavy atom. The van der Waals surface area contributed by atoms with Crippen LogP contribution in [-0.2, 0) is 11.2 Å². The molecule has 1 aromatic heterocycles. The molecule has 1 aromatic rings. The predicted octanol–water partition coefficient (Wildman–Crippen LogP) is 2.76. The molecule has 1 unspecified atom stereocenters. The number of rotatable bonds is 4. The van der Waals surface area contributed by atoms with Gasteiger partial charge in [0.25, 0.3) is 0 Å². The van der Waals surface area contributed by atoms with Gasteiger partial charge in [-0.2, -0.15) is 0 Å². The maximum atomic E-state index is 5.46. The molecule has 2 fully saturated rings. The summed E-state index contributed by atoms with van der Waals surface area (Å²) in [6.45, 7) is 5.79. The van der Waals surface area contributed by atoms with E-state index in [-0.39, 0.29) is 0 Å². The van der Waals surface area contributed by atoms with Crippen molar-refractivity contribution in [1.29, 1.82) is 0 Å². The van der Waals surface area contributed by atoms with Crippen molar-refractivity contribution in [2.45, 2.75) is 32.1 Å². The zero-order chi connectivity index (χ0) is 13.6. The van der Waals surface area contributed by atoms with Crippen LogP contribution in [0.25, 0.3) is 0 Å². The van der Waals surface area contributed by atoms with Gasteiger partial charge in [-0.3, -0.25) is 4.98 Å². The second-order valence-electron chi connectivity index (χ2n) is 6.39. The van der Waals surface area contributed by atoms with Crippen molar-refractivity contribution in [2.75, 3.05) is 32.8 Å². The van der Waals surface area contributed by atoms with Crippen molar-refractivity contribution in [2.24, 2.45) is 11.8 Å². The Labute approximate surface area is 122 Å². The number of hydrogen-bond acceptors (Lipinski definition) is 3. The van der Waals surface area contributed by atoms with E-state index in [1.807, 2.05) is 12.4 Å². The molecule has 20 heavy (non-hydrogen) atoms. The number of likely N-dealkylation sites (tertiary alicyclic amines) is 1. The van der Waals surface area contributed by atoms with Crippen LogP contribution < -0.4 is 0 Å². The van der Waals surface area contributed by atoms with Gasteiger partial charge in [-0.25, -0.2) is 0 Å². The Morgan fingerprint density at radius 1 is 1.20 bits per heavy atom. The Hall–Kier alpha value is -0.930. The second kappa shape index (κ2) is 7.19. The fraction of sp³-hybridized carbons (Fsp3) is 0.706. The molecule has 0 aliphatic carbocycles. The molecule has 0 radical (unpaired) electrons. The molecule has 110 valence electrons. The summed E-state index contributed by atoms with van der Waals surface area (Å²) in [5.74, 6) is 1.67. The van der Waals surface area contributed by atoms with Gasteiger partial charge in [0, 0.05) is 38.7 Å². The van der Waals surface area contributed by atoms with E-state index < -0.39 is 0 Å². The fourth-order valence-electron chi connectivity index (χ4n) is 3.63. The van der Waals surface area contributed by atoms with E-state index in [0.29, 0.717) is 0 Å². The predicted molar refractivity (Wildman–Crippen MR) is 80.6 cm³/mol. The number of ether oxygens (including phenoxy) is 1. The summed E-state index contributed by atoms with van der Waals surface area (Å²) in [7, 11) is 0. The van der Waals surface area contributed by atoms with Crippen molar-refractivity contribution in [3.8, 4) is 0 Å². The van der Waals surface area contributed by atoms with Gasteiger partial charge in [0.1, 0.15) is 0 Å². The maximum Gasteiger partial charge on any atom is 0.0469 e. The van der Waals surface area contributed by atoms with E-state index >= 15 is 0 Å². The van der Waals surface area contributed by atoms with Gasteiger partial charge in [-0.05, 0) is 62.1 Å². The molecule has 0 saturated carbocycles. The Kier molecular flexibility index (Phi) is 5.04. The van der Waals surface area contributed by atoms with E-state index in [4.69, 9.17) is 4.74 Å². The molecule has 0 spiro atoms. The molecule has 0 aromatic carbocycles. The van der Waals surface area contributed by atoms with E-state index in [9.17, 15) is 0 Å². The van der Waals surface area contributed by atoms with Crippen LogP contribution in [0.5, 0.6) is 0 Å². The van der Waals surface area contributed by atoms with Crippen molar-refractivity contribution in [1.82, 2.24) is 9.88 Å². The minimum Gasteiger partial charge on any atom is -0.381 e. The van der Waals surface area contributed by atoms with Crippen LogP contribution in [-0.4, -0.2) is 42.7 Å². The Balaban J connectivity index is 1.48. The quantitative estimate of drug-likeness (QED) is 0.844. The third-order valence-corrected chi connectivity index (χ3v) is 4.71. The highest BCUT2D eigenvalue weighted by molar-refractivity contribution is 5.09. The standard InChI is InChI=1S/C17H26N2O/c1-3-16(12-18-7-1)11-17-4-2-8-19(14-17)13-15-5-9-20-10-6-15/h1,3,7,12,15,17H,2,4-6,8-11,13-14H2. The molecular formula is C17H26N2O. The summed E-state index contributed by atoms with van der Waals surface area (Å²) in [5, 5.41) is 0. The molecule has 2 saturated heterocycles. The van der Waals surface area contributed by atoms with Crippen LogP contribution in [0.1, 0.15) is 31.2 Å². The highest BCUT2D eigenvalue weighted by atomic mass is 16.5. The number of hydrogen-bond donors (Lipinski definition) is 0. The average molecular weight is 274 g/mol. The lowest BCUT2D eigenvalue weighted by Crippen LogP contribution is -2.40. The first-order chi connectivity index (χ1) is 9.90. The number of piperidine rings is 1. The average Bonchev–Trinajstić information content (AvgIpc) is 2.50. The van der Waals surface area contributed by atoms with E-state index in [2.05, 4.69) is 22.0 Å². The summed E-state index contributed by atoms with van der Waals surface area (Å²) in [5.41, 5.74) is 1.39. The largest absolute Gasteiger partial charge is 0.381 e. The first-order valence-electron chi connectivity index (χ1n) is 8.09. The van der Waals surface area contributed by atoms with E-state index in [1.165, 1.54) is 57.3 Å². The minimum absolute atomic E-state index is 0.813. The molecule has 3 nitrogen and oxygen atoms in total. The maximum absolute atomic E-state index is 5.46. The highest BCUT2D eigenvalue weighted by Crippen LogP contribution is 2.23. The van der Waals surface area contributed by atoms with E-state index in [1.54, 1.807) is 0 Å². The zero-order valence-electron chi connectivity index (χ0n) is 12.3. The lowest BCUT2D eigenvalue weighted by atomic mass is 9.90. The van der Waals surface area contributed by atoms with E-state index in [0.717, 1.165) is 25.0 Å². The van der Waals surface area contributed by atoms with Crippen LogP contribution in [0.3, 0.4) is 0 Å². The summed E-state index contributed by atoms with van der Waals surface area (Å²) < 4.78 is 5.46. The third-order valence-electron chi connectivity index (χ3n) is 4.71. The molecule has 0 bridgehead atoms. The first-order valence-corrected chi connectivity index (χ1v) is 8.09. The van der Waals surface area contributed by atoms with Gasteiger partial charge < -0.3 is 9.64 Å². The summed E-state index contributed by atoms with van der Waals surface area (Å²) in [6, 6.07) is 4.27. The summed E-state index contributed by atoms with van der Waals surface area (Å²) >= 11 is 0. The summed E-state index contributed by atoms with van der Waals surface area (Å²) in [4.78, 5) is 6.93. The van der Waals surface area contributed by atoms with Gasteiger partial charge in [0.2, 0.25) is 0 Å². The second-order valence-corrected chi connectivity index (χ2v) is 6.39. The molecule has 0 N–H and O–H groups in total. The Bertz CT molecular complexity index is 389. The first kappa shape index (κ1) is 14.0. The van der Waals surface area contributed by atoms with Gasteiger partial charge in [0.15, 0.2) is 0 Å². The SMILES string of the molecule is c1cncc(CC2CCCN(CC3CCOCC3)C2)c1. The minimum atomic E-state index is 0.813. The van der Waals surface area contributed by atoms with Crippen LogP contribution in [0.15, 0.2) is 24.5 Å². The molecule has 1 atom stereocenters. The lowest BCUT2D eigenvalue weighted by Gasteiger charge is -2.36. The third kappa shape index (κ3) is 4.03. The zero-order valence-corrected chi connectivity index (χ0v) is 12.3. The summed E-state index contributed by atoms with van der Waals surface area (Å²) in [6.07, 6.45) is 10.3. The fourth-order valence-corrected chi connectivity index (χ4v) is 3.63. The van der Waals surface area contributed by atoms with Gasteiger partial charge in [0.05, 0.1) is 0 Å². The topological polar surface area (TPSA) is 25.4 Å². The number of aromatic nitrogens is 1. The molecular weight excluding hydrogens is 248 g/mol. The van der Waals surface area contributed by atoms with Gasteiger partial charge in [-0.15, -0.1) is 0 Å². The lowest BCUT2D eigenvalue weighted by molar-refractivity contribution is 0.0452. The molecule has 2 aliphatic heterocycles. The normalized spacial score (nSPS) is 25.7. The molecule has 3 heteroatoms. The van der Waals surface area contributed by atoms with Crippen molar-refractivity contribution in [3.63, 3.8) is 0 Å². The molecule has 3 heterocycles. The Morgan fingerprint density at radius 3 is 2.90 bits per heavy atom. The van der Waals surface area contributed by atoms with Crippen LogP contribution in [0, 0.1) is 11.8 Å². The monoisotopic (exact) mass is 274 g/mol. The number of pyridine rings is 1. The van der Waals surface area contributed by atoms with Crippen molar-refractivity contribution < 1.29 is 4.74 Å². The van der Waals surface area contributed by atoms with Crippen molar-refractivity contribution in [3.05, 3.63) is 30.1 Å². The molecule has 0 amide bonds. The molecule has 2 aliphatic rings. The van der Waals surface area contributed by atoms with Crippen LogP contribution >= 0.6 is 0 Å². The number of nitrogens with zero attached hydrogens (tertiary/aromatic N) is 2.